The average Bonchev–Trinajstić information content (AvgIpc) is 3.15. The highest BCUT2D eigenvalue weighted by Gasteiger charge is 2.41. The molecule has 2 N–H and O–H groups in total. The molecule has 2 aliphatic rings. The van der Waals surface area contributed by atoms with Crippen LogP contribution in [0.5, 0.6) is 0 Å². The van der Waals surface area contributed by atoms with Crippen LogP contribution in [0.3, 0.4) is 0 Å². The molecule has 2 fully saturated rings. The van der Waals surface area contributed by atoms with Crippen molar-refractivity contribution in [1.29, 1.82) is 0 Å². The van der Waals surface area contributed by atoms with Gasteiger partial charge in [-0.1, -0.05) is 25.3 Å². The molecule has 23 heavy (non-hydrogen) atoms. The largest absolute Gasteiger partial charge is 0.355 e. The molecule has 1 saturated heterocycles. The lowest BCUT2D eigenvalue weighted by molar-refractivity contribution is -0.127. The Hall–Kier alpha value is -0.910. The fourth-order valence-corrected chi connectivity index (χ4v) is 4.88. The zero-order chi connectivity index (χ0) is 16.0. The lowest BCUT2D eigenvalue weighted by atomic mass is 9.72. The van der Waals surface area contributed by atoms with Gasteiger partial charge in [-0.25, -0.2) is 0 Å². The highest BCUT2D eigenvalue weighted by atomic mass is 32.1. The van der Waals surface area contributed by atoms with E-state index >= 15 is 0 Å². The number of nitrogens with zero attached hydrogens (tertiary/aromatic N) is 1. The molecule has 1 aliphatic carbocycles. The van der Waals surface area contributed by atoms with Gasteiger partial charge in [-0.15, -0.1) is 11.3 Å². The van der Waals surface area contributed by atoms with Crippen LogP contribution in [0, 0.1) is 0 Å². The van der Waals surface area contributed by atoms with E-state index in [0.29, 0.717) is 0 Å². The van der Waals surface area contributed by atoms with Crippen molar-refractivity contribution in [1.82, 2.24) is 15.5 Å². The number of rotatable bonds is 6. The first-order valence-corrected chi connectivity index (χ1v) is 9.95. The fourth-order valence-electron chi connectivity index (χ4n) is 3.90. The van der Waals surface area contributed by atoms with Gasteiger partial charge in [-0.2, -0.15) is 0 Å². The van der Waals surface area contributed by atoms with E-state index in [2.05, 4.69) is 33.0 Å². The Bertz CT molecular complexity index is 476. The molecule has 0 atom stereocenters. The highest BCUT2D eigenvalue weighted by molar-refractivity contribution is 7.10. The van der Waals surface area contributed by atoms with Gasteiger partial charge in [0.05, 0.1) is 5.41 Å². The van der Waals surface area contributed by atoms with Crippen LogP contribution < -0.4 is 10.6 Å². The molecule has 4 nitrogen and oxygen atoms in total. The predicted molar refractivity (Wildman–Crippen MR) is 96.0 cm³/mol. The molecule has 0 aromatic carbocycles. The molecule has 1 aliphatic heterocycles. The van der Waals surface area contributed by atoms with Crippen molar-refractivity contribution in [3.8, 4) is 0 Å². The standard InChI is InChI=1S/C18H29N3OS/c22-17(20-9-5-12-21-13-10-19-11-14-21)18(7-2-1-3-8-18)16-6-4-15-23-16/h4,6,15,19H,1-3,5,7-14H2,(H,20,22). The number of hydrogen-bond acceptors (Lipinski definition) is 4. The van der Waals surface area contributed by atoms with Crippen molar-refractivity contribution in [3.05, 3.63) is 22.4 Å². The first kappa shape index (κ1) is 16.9. The van der Waals surface area contributed by atoms with E-state index in [1.165, 1.54) is 24.1 Å². The van der Waals surface area contributed by atoms with Crippen LogP contribution in [0.1, 0.15) is 43.4 Å². The minimum Gasteiger partial charge on any atom is -0.355 e. The van der Waals surface area contributed by atoms with Crippen LogP contribution in [0.15, 0.2) is 17.5 Å². The van der Waals surface area contributed by atoms with Gasteiger partial charge in [0.15, 0.2) is 0 Å². The lowest BCUT2D eigenvalue weighted by Crippen LogP contribution is -2.47. The highest BCUT2D eigenvalue weighted by Crippen LogP contribution is 2.41. The first-order chi connectivity index (χ1) is 11.3. The Labute approximate surface area is 143 Å². The summed E-state index contributed by atoms with van der Waals surface area (Å²) in [7, 11) is 0. The number of carbonyl (C=O) groups is 1. The molecule has 0 bridgehead atoms. The van der Waals surface area contributed by atoms with E-state index in [1.807, 2.05) is 0 Å². The molecule has 1 aromatic rings. The minimum absolute atomic E-state index is 0.249. The zero-order valence-electron chi connectivity index (χ0n) is 14.0. The Balaban J connectivity index is 1.50. The van der Waals surface area contributed by atoms with Gasteiger partial charge in [0.25, 0.3) is 0 Å². The maximum Gasteiger partial charge on any atom is 0.231 e. The maximum atomic E-state index is 12.9. The van der Waals surface area contributed by atoms with Crippen LogP contribution in [0.2, 0.25) is 0 Å². The molecular weight excluding hydrogens is 306 g/mol. The minimum atomic E-state index is -0.249. The van der Waals surface area contributed by atoms with Crippen molar-refractivity contribution in [2.75, 3.05) is 39.3 Å². The number of carbonyl (C=O) groups excluding carboxylic acids is 1. The van der Waals surface area contributed by atoms with E-state index in [9.17, 15) is 4.79 Å². The quantitative estimate of drug-likeness (QED) is 0.785. The summed E-state index contributed by atoms with van der Waals surface area (Å²) in [5, 5.41) is 8.72. The molecule has 3 rings (SSSR count). The topological polar surface area (TPSA) is 44.4 Å². The van der Waals surface area contributed by atoms with Gasteiger partial charge < -0.3 is 15.5 Å². The third kappa shape index (κ3) is 4.14. The summed E-state index contributed by atoms with van der Waals surface area (Å²) < 4.78 is 0. The van der Waals surface area contributed by atoms with Gasteiger partial charge in [-0.3, -0.25) is 4.79 Å². The summed E-state index contributed by atoms with van der Waals surface area (Å²) in [4.78, 5) is 16.7. The molecule has 1 amide bonds. The van der Waals surface area contributed by atoms with E-state index in [1.54, 1.807) is 11.3 Å². The average molecular weight is 336 g/mol. The number of thiophene rings is 1. The van der Waals surface area contributed by atoms with Crippen LogP contribution >= 0.6 is 11.3 Å². The number of nitrogens with one attached hydrogen (secondary N) is 2. The Morgan fingerprint density at radius 3 is 2.74 bits per heavy atom. The third-order valence-corrected chi connectivity index (χ3v) is 6.35. The van der Waals surface area contributed by atoms with E-state index in [4.69, 9.17) is 0 Å². The molecule has 0 radical (unpaired) electrons. The summed E-state index contributed by atoms with van der Waals surface area (Å²) in [5.74, 6) is 0.264. The summed E-state index contributed by atoms with van der Waals surface area (Å²) in [6.45, 7) is 6.34. The maximum absolute atomic E-state index is 12.9. The molecule has 1 saturated carbocycles. The summed E-state index contributed by atoms with van der Waals surface area (Å²) in [5.41, 5.74) is -0.249. The monoisotopic (exact) mass is 335 g/mol. The van der Waals surface area contributed by atoms with Crippen LogP contribution in [-0.2, 0) is 10.2 Å². The van der Waals surface area contributed by atoms with Crippen LogP contribution in [0.25, 0.3) is 0 Å². The van der Waals surface area contributed by atoms with Crippen molar-refractivity contribution in [3.63, 3.8) is 0 Å². The van der Waals surface area contributed by atoms with E-state index in [0.717, 1.165) is 58.5 Å². The van der Waals surface area contributed by atoms with Crippen molar-refractivity contribution >= 4 is 17.2 Å². The predicted octanol–water partition coefficient (Wildman–Crippen LogP) is 2.36. The van der Waals surface area contributed by atoms with Gasteiger partial charge in [-0.05, 0) is 37.3 Å². The molecule has 1 aromatic heterocycles. The fraction of sp³-hybridized carbons (Fsp3) is 0.722. The van der Waals surface area contributed by atoms with Crippen molar-refractivity contribution in [2.45, 2.75) is 43.9 Å². The van der Waals surface area contributed by atoms with Gasteiger partial charge in [0.2, 0.25) is 5.91 Å². The number of hydrogen-bond donors (Lipinski definition) is 2. The van der Waals surface area contributed by atoms with Crippen molar-refractivity contribution in [2.24, 2.45) is 0 Å². The smallest absolute Gasteiger partial charge is 0.231 e. The normalized spacial score (nSPS) is 21.9. The Morgan fingerprint density at radius 2 is 2.04 bits per heavy atom. The Morgan fingerprint density at radius 1 is 1.26 bits per heavy atom. The summed E-state index contributed by atoms with van der Waals surface area (Å²) >= 11 is 1.74. The van der Waals surface area contributed by atoms with Gasteiger partial charge >= 0.3 is 0 Å². The third-order valence-electron chi connectivity index (χ3n) is 5.28. The molecule has 2 heterocycles. The van der Waals surface area contributed by atoms with Gasteiger partial charge in [0.1, 0.15) is 0 Å². The lowest BCUT2D eigenvalue weighted by Gasteiger charge is -2.35. The molecule has 128 valence electrons. The SMILES string of the molecule is O=C(NCCCN1CCNCC1)C1(c2cccs2)CCCCC1. The Kier molecular flexibility index (Phi) is 6.08. The molecular formula is C18H29N3OS. The first-order valence-electron chi connectivity index (χ1n) is 9.07. The number of amides is 1. The zero-order valence-corrected chi connectivity index (χ0v) is 14.8. The van der Waals surface area contributed by atoms with Crippen molar-refractivity contribution < 1.29 is 4.79 Å². The second-order valence-electron chi connectivity index (χ2n) is 6.82. The second kappa shape index (κ2) is 8.27. The summed E-state index contributed by atoms with van der Waals surface area (Å²) in [6.07, 6.45) is 6.68. The molecule has 5 heteroatoms. The summed E-state index contributed by atoms with van der Waals surface area (Å²) in [6, 6.07) is 4.23. The van der Waals surface area contributed by atoms with Crippen LogP contribution in [0.4, 0.5) is 0 Å². The van der Waals surface area contributed by atoms with E-state index in [-0.39, 0.29) is 11.3 Å². The van der Waals surface area contributed by atoms with Gasteiger partial charge in [0, 0.05) is 37.6 Å². The molecule has 0 spiro atoms. The second-order valence-corrected chi connectivity index (χ2v) is 7.77. The number of piperazine rings is 1. The van der Waals surface area contributed by atoms with Crippen LogP contribution in [-0.4, -0.2) is 50.1 Å². The molecule has 0 unspecified atom stereocenters. The van der Waals surface area contributed by atoms with E-state index < -0.39 is 0 Å².